The first-order chi connectivity index (χ1) is 15.4. The predicted octanol–water partition coefficient (Wildman–Crippen LogP) is 3.08. The lowest BCUT2D eigenvalue weighted by atomic mass is 9.95. The van der Waals surface area contributed by atoms with Gasteiger partial charge in [-0.2, -0.15) is 4.31 Å². The van der Waals surface area contributed by atoms with Gasteiger partial charge in [-0.05, 0) is 31.0 Å². The number of aromatic amines is 1. The molecule has 9 nitrogen and oxygen atoms in total. The molecular formula is C21H28N6O3S2. The fraction of sp³-hybridized carbons (Fsp3) is 0.524. The first-order valence-electron chi connectivity index (χ1n) is 11.0. The molecule has 11 heteroatoms. The highest BCUT2D eigenvalue weighted by Crippen LogP contribution is 2.27. The zero-order valence-corrected chi connectivity index (χ0v) is 19.9. The van der Waals surface area contributed by atoms with Gasteiger partial charge >= 0.3 is 0 Å². The number of hydrogen-bond acceptors (Lipinski definition) is 7. The molecule has 4 rings (SSSR count). The van der Waals surface area contributed by atoms with Crippen LogP contribution in [0.1, 0.15) is 46.0 Å². The Kier molecular flexibility index (Phi) is 6.96. The minimum absolute atomic E-state index is 0.0199. The van der Waals surface area contributed by atoms with Crippen molar-refractivity contribution in [2.24, 2.45) is 0 Å². The Morgan fingerprint density at radius 2 is 1.94 bits per heavy atom. The van der Waals surface area contributed by atoms with Crippen molar-refractivity contribution in [1.29, 1.82) is 0 Å². The van der Waals surface area contributed by atoms with E-state index >= 15 is 0 Å². The van der Waals surface area contributed by atoms with Crippen LogP contribution in [0.4, 0.5) is 0 Å². The van der Waals surface area contributed by atoms with E-state index in [0.29, 0.717) is 34.8 Å². The van der Waals surface area contributed by atoms with Crippen LogP contribution in [0.2, 0.25) is 0 Å². The zero-order valence-electron chi connectivity index (χ0n) is 18.3. The Balaban J connectivity index is 1.52. The van der Waals surface area contributed by atoms with E-state index in [2.05, 4.69) is 25.5 Å². The maximum atomic E-state index is 12.9. The lowest BCUT2D eigenvalue weighted by Crippen LogP contribution is -2.37. The first kappa shape index (κ1) is 22.9. The number of aromatic nitrogens is 4. The number of fused-ring (bicyclic) bond motifs is 3. The summed E-state index contributed by atoms with van der Waals surface area (Å²) in [5.41, 5.74) is 1.76. The first-order valence-corrected chi connectivity index (χ1v) is 13.4. The number of nitrogens with zero attached hydrogens (tertiary/aromatic N) is 4. The highest BCUT2D eigenvalue weighted by molar-refractivity contribution is 7.99. The Morgan fingerprint density at radius 1 is 1.19 bits per heavy atom. The molecule has 0 spiro atoms. The summed E-state index contributed by atoms with van der Waals surface area (Å²) in [6.45, 7) is 4.44. The van der Waals surface area contributed by atoms with Gasteiger partial charge in [0.25, 0.3) is 0 Å². The van der Waals surface area contributed by atoms with Gasteiger partial charge in [-0.1, -0.05) is 44.9 Å². The largest absolute Gasteiger partial charge is 0.353 e. The van der Waals surface area contributed by atoms with Gasteiger partial charge in [0.1, 0.15) is 5.52 Å². The number of amides is 1. The van der Waals surface area contributed by atoms with Crippen molar-refractivity contribution in [3.05, 3.63) is 18.2 Å². The van der Waals surface area contributed by atoms with Crippen molar-refractivity contribution >= 4 is 49.8 Å². The fourth-order valence-corrected chi connectivity index (χ4v) is 6.20. The number of sulfonamides is 1. The Bertz CT molecular complexity index is 1220. The van der Waals surface area contributed by atoms with Crippen LogP contribution in [0.25, 0.3) is 22.1 Å². The van der Waals surface area contributed by atoms with E-state index in [9.17, 15) is 13.2 Å². The average molecular weight is 477 g/mol. The summed E-state index contributed by atoms with van der Waals surface area (Å²) in [7, 11) is -3.58. The molecule has 2 aromatic heterocycles. The third-order valence-corrected chi connectivity index (χ3v) is 8.70. The average Bonchev–Trinajstić information content (AvgIpc) is 3.16. The molecule has 1 aliphatic carbocycles. The fourth-order valence-electron chi connectivity index (χ4n) is 4.12. The van der Waals surface area contributed by atoms with Gasteiger partial charge in [-0.3, -0.25) is 4.79 Å². The summed E-state index contributed by atoms with van der Waals surface area (Å²) in [6.07, 6.45) is 5.66. The van der Waals surface area contributed by atoms with Crippen molar-refractivity contribution in [1.82, 2.24) is 29.8 Å². The van der Waals surface area contributed by atoms with Crippen molar-refractivity contribution in [2.75, 3.05) is 18.8 Å². The van der Waals surface area contributed by atoms with Gasteiger partial charge in [0.05, 0.1) is 10.6 Å². The summed E-state index contributed by atoms with van der Waals surface area (Å²) in [5.74, 6) is 0.212. The van der Waals surface area contributed by atoms with Crippen molar-refractivity contribution in [3.8, 4) is 0 Å². The molecule has 1 aromatic carbocycles. The van der Waals surface area contributed by atoms with Crippen LogP contribution in [0.15, 0.2) is 28.3 Å². The Hall–Kier alpha value is -2.24. The number of thioether (sulfide) groups is 1. The topological polar surface area (TPSA) is 121 Å². The standard InChI is InChI=1S/C21H28N6O3S2/c1-3-27(4-2)32(29,30)15-10-11-17-16(12-15)19-20(23-17)24-21(26-25-19)31-13-18(28)22-14-8-6-5-7-9-14/h10-12,14H,3-9,13H2,1-2H3,(H,22,28)(H,23,24,26). The minimum Gasteiger partial charge on any atom is -0.353 e. The van der Waals surface area contributed by atoms with E-state index in [1.54, 1.807) is 18.2 Å². The number of H-pyrrole nitrogens is 1. The van der Waals surface area contributed by atoms with E-state index in [1.807, 2.05) is 13.8 Å². The van der Waals surface area contributed by atoms with Crippen molar-refractivity contribution in [3.63, 3.8) is 0 Å². The summed E-state index contributed by atoms with van der Waals surface area (Å²) in [6, 6.07) is 5.19. The molecule has 0 unspecified atom stereocenters. The molecule has 0 saturated heterocycles. The Labute approximate surface area is 191 Å². The van der Waals surface area contributed by atoms with Gasteiger partial charge in [0.2, 0.25) is 21.1 Å². The van der Waals surface area contributed by atoms with Gasteiger partial charge in [0.15, 0.2) is 5.65 Å². The van der Waals surface area contributed by atoms with Crippen LogP contribution < -0.4 is 5.32 Å². The van der Waals surface area contributed by atoms with Gasteiger partial charge in [-0.15, -0.1) is 10.2 Å². The molecular weight excluding hydrogens is 448 g/mol. The van der Waals surface area contributed by atoms with Crippen molar-refractivity contribution < 1.29 is 13.2 Å². The van der Waals surface area contributed by atoms with Gasteiger partial charge in [-0.25, -0.2) is 13.4 Å². The number of hydrogen-bond donors (Lipinski definition) is 2. The molecule has 0 bridgehead atoms. The second kappa shape index (κ2) is 9.72. The summed E-state index contributed by atoms with van der Waals surface area (Å²) in [5, 5.41) is 12.6. The number of nitrogens with one attached hydrogen (secondary N) is 2. The lowest BCUT2D eigenvalue weighted by Gasteiger charge is -2.22. The van der Waals surface area contributed by atoms with Crippen LogP contribution in [-0.4, -0.2) is 63.7 Å². The van der Waals surface area contributed by atoms with E-state index in [0.717, 1.165) is 18.4 Å². The quantitative estimate of drug-likeness (QED) is 0.479. The maximum Gasteiger partial charge on any atom is 0.243 e. The molecule has 1 amide bonds. The van der Waals surface area contributed by atoms with Crippen molar-refractivity contribution in [2.45, 2.75) is 62.0 Å². The Morgan fingerprint density at radius 3 is 2.66 bits per heavy atom. The number of rotatable bonds is 8. The highest BCUT2D eigenvalue weighted by Gasteiger charge is 2.23. The molecule has 172 valence electrons. The van der Waals surface area contributed by atoms with Crippen LogP contribution in [0.5, 0.6) is 0 Å². The summed E-state index contributed by atoms with van der Waals surface area (Å²) >= 11 is 1.24. The summed E-state index contributed by atoms with van der Waals surface area (Å²) in [4.78, 5) is 20.1. The SMILES string of the molecule is CCN(CC)S(=O)(=O)c1ccc2[nH]c3nc(SCC(=O)NC4CCCCC4)nnc3c2c1. The zero-order chi connectivity index (χ0) is 22.7. The molecule has 0 radical (unpaired) electrons. The second-order valence-electron chi connectivity index (χ2n) is 7.90. The normalized spacial score (nSPS) is 15.6. The van der Waals surface area contributed by atoms with Gasteiger partial charge in [0, 0.05) is 30.0 Å². The lowest BCUT2D eigenvalue weighted by molar-refractivity contribution is -0.119. The summed E-state index contributed by atoms with van der Waals surface area (Å²) < 4.78 is 27.1. The molecule has 0 aliphatic heterocycles. The molecule has 3 aromatic rings. The second-order valence-corrected chi connectivity index (χ2v) is 10.8. The van der Waals surface area contributed by atoms with Crippen LogP contribution in [-0.2, 0) is 14.8 Å². The minimum atomic E-state index is -3.58. The number of carbonyl (C=O) groups excluding carboxylic acids is 1. The molecule has 2 N–H and O–H groups in total. The molecule has 2 heterocycles. The third kappa shape index (κ3) is 4.74. The molecule has 1 fully saturated rings. The number of benzene rings is 1. The maximum absolute atomic E-state index is 12.9. The molecule has 32 heavy (non-hydrogen) atoms. The molecule has 0 atom stereocenters. The highest BCUT2D eigenvalue weighted by atomic mass is 32.2. The van der Waals surface area contributed by atoms with Crippen LogP contribution in [0, 0.1) is 0 Å². The molecule has 1 saturated carbocycles. The van der Waals surface area contributed by atoms with Crippen LogP contribution >= 0.6 is 11.8 Å². The van der Waals surface area contributed by atoms with E-state index in [4.69, 9.17) is 0 Å². The van der Waals surface area contributed by atoms with E-state index in [1.165, 1.54) is 35.3 Å². The third-order valence-electron chi connectivity index (χ3n) is 5.81. The van der Waals surface area contributed by atoms with E-state index < -0.39 is 10.0 Å². The molecule has 1 aliphatic rings. The van der Waals surface area contributed by atoms with E-state index in [-0.39, 0.29) is 22.6 Å². The monoisotopic (exact) mass is 476 g/mol. The van der Waals surface area contributed by atoms with Gasteiger partial charge < -0.3 is 10.3 Å². The predicted molar refractivity (Wildman–Crippen MR) is 125 cm³/mol. The smallest absolute Gasteiger partial charge is 0.243 e. The van der Waals surface area contributed by atoms with Crippen LogP contribution in [0.3, 0.4) is 0 Å². The number of carbonyl (C=O) groups is 1.